The number of hydrazine groups is 1. The number of rotatable bonds is 4. The topological polar surface area (TPSA) is 95.7 Å². The van der Waals surface area contributed by atoms with Gasteiger partial charge in [0.05, 0.1) is 10.6 Å². The summed E-state index contributed by atoms with van der Waals surface area (Å²) in [6, 6.07) is 6.90. The van der Waals surface area contributed by atoms with Crippen LogP contribution in [0.5, 0.6) is 0 Å². The number of carbonyl (C=O) groups is 3. The summed E-state index contributed by atoms with van der Waals surface area (Å²) in [6.45, 7) is 1.77. The maximum atomic E-state index is 12.4. The van der Waals surface area contributed by atoms with Gasteiger partial charge in [-0.05, 0) is 12.1 Å². The second kappa shape index (κ2) is 7.94. The van der Waals surface area contributed by atoms with Gasteiger partial charge in [-0.25, -0.2) is 5.84 Å². The van der Waals surface area contributed by atoms with Crippen molar-refractivity contribution in [2.45, 2.75) is 12.8 Å². The predicted molar refractivity (Wildman–Crippen MR) is 85.5 cm³/mol. The van der Waals surface area contributed by atoms with E-state index in [1.165, 1.54) is 0 Å². The van der Waals surface area contributed by atoms with Crippen molar-refractivity contribution in [1.82, 2.24) is 15.2 Å². The number of hydrogen-bond donors (Lipinski definition) is 2. The minimum absolute atomic E-state index is 0.0636. The molecule has 2 rings (SSSR count). The Kier molecular flexibility index (Phi) is 5.95. The molecule has 1 heterocycles. The number of halogens is 1. The first-order chi connectivity index (χ1) is 11.0. The first-order valence-corrected chi connectivity index (χ1v) is 7.71. The molecule has 3 amide bonds. The van der Waals surface area contributed by atoms with Gasteiger partial charge in [0.25, 0.3) is 5.91 Å². The van der Waals surface area contributed by atoms with Crippen molar-refractivity contribution in [3.05, 3.63) is 34.9 Å². The quantitative estimate of drug-likeness (QED) is 0.472. The molecule has 0 spiro atoms. The SMILES string of the molecule is NNC(=O)CCC(=O)N1CCN(C(=O)c2ccccc2Cl)CC1. The largest absolute Gasteiger partial charge is 0.339 e. The Morgan fingerprint density at radius 1 is 1.04 bits per heavy atom. The Balaban J connectivity index is 1.86. The molecule has 23 heavy (non-hydrogen) atoms. The molecule has 0 aliphatic carbocycles. The molecule has 0 saturated carbocycles. The monoisotopic (exact) mass is 338 g/mol. The Morgan fingerprint density at radius 2 is 1.65 bits per heavy atom. The number of amides is 3. The highest BCUT2D eigenvalue weighted by Gasteiger charge is 2.25. The highest BCUT2D eigenvalue weighted by molar-refractivity contribution is 6.33. The fraction of sp³-hybridized carbons (Fsp3) is 0.400. The Bertz CT molecular complexity index is 600. The van der Waals surface area contributed by atoms with E-state index >= 15 is 0 Å². The standard InChI is InChI=1S/C15H19ClN4O3/c16-12-4-2-1-3-11(12)15(23)20-9-7-19(8-10-20)14(22)6-5-13(21)18-17/h1-4H,5-10,17H2,(H,18,21). The number of nitrogens with zero attached hydrogens (tertiary/aromatic N) is 2. The van der Waals surface area contributed by atoms with Crippen LogP contribution in [0.4, 0.5) is 0 Å². The number of benzene rings is 1. The Hall–Kier alpha value is -2.12. The minimum Gasteiger partial charge on any atom is -0.339 e. The van der Waals surface area contributed by atoms with E-state index in [-0.39, 0.29) is 30.6 Å². The lowest BCUT2D eigenvalue weighted by molar-refractivity contribution is -0.134. The lowest BCUT2D eigenvalue weighted by atomic mass is 10.1. The van der Waals surface area contributed by atoms with Crippen LogP contribution in [0.1, 0.15) is 23.2 Å². The molecule has 1 aliphatic heterocycles. The van der Waals surface area contributed by atoms with Crippen molar-refractivity contribution in [2.75, 3.05) is 26.2 Å². The van der Waals surface area contributed by atoms with Gasteiger partial charge in [0.2, 0.25) is 11.8 Å². The number of carbonyl (C=O) groups excluding carboxylic acids is 3. The Labute approximate surface area is 139 Å². The second-order valence-electron chi connectivity index (χ2n) is 5.22. The summed E-state index contributed by atoms with van der Waals surface area (Å²) >= 11 is 6.04. The average molecular weight is 339 g/mol. The predicted octanol–water partition coefficient (Wildman–Crippen LogP) is 0.395. The van der Waals surface area contributed by atoms with Gasteiger partial charge in [0.1, 0.15) is 0 Å². The molecule has 0 aromatic heterocycles. The van der Waals surface area contributed by atoms with Crippen LogP contribution in [0.15, 0.2) is 24.3 Å². The van der Waals surface area contributed by atoms with E-state index in [1.54, 1.807) is 34.1 Å². The van der Waals surface area contributed by atoms with Crippen molar-refractivity contribution < 1.29 is 14.4 Å². The van der Waals surface area contributed by atoms with Crippen LogP contribution in [0.25, 0.3) is 0 Å². The minimum atomic E-state index is -0.370. The molecule has 0 unspecified atom stereocenters. The number of piperazine rings is 1. The van der Waals surface area contributed by atoms with E-state index in [2.05, 4.69) is 0 Å². The number of nitrogens with one attached hydrogen (secondary N) is 1. The summed E-state index contributed by atoms with van der Waals surface area (Å²) in [5.41, 5.74) is 2.46. The molecule has 1 fully saturated rings. The van der Waals surface area contributed by atoms with E-state index in [1.807, 2.05) is 5.43 Å². The molecule has 8 heteroatoms. The van der Waals surface area contributed by atoms with E-state index in [9.17, 15) is 14.4 Å². The van der Waals surface area contributed by atoms with Crippen molar-refractivity contribution in [3.8, 4) is 0 Å². The third-order valence-electron chi connectivity index (χ3n) is 3.75. The fourth-order valence-corrected chi connectivity index (χ4v) is 2.63. The first kappa shape index (κ1) is 17.2. The van der Waals surface area contributed by atoms with Crippen molar-refractivity contribution in [3.63, 3.8) is 0 Å². The molecule has 124 valence electrons. The average Bonchev–Trinajstić information content (AvgIpc) is 2.59. The fourth-order valence-electron chi connectivity index (χ4n) is 2.41. The third-order valence-corrected chi connectivity index (χ3v) is 4.08. The lowest BCUT2D eigenvalue weighted by Crippen LogP contribution is -2.50. The van der Waals surface area contributed by atoms with Crippen LogP contribution >= 0.6 is 11.6 Å². The van der Waals surface area contributed by atoms with Crippen molar-refractivity contribution in [1.29, 1.82) is 0 Å². The van der Waals surface area contributed by atoms with E-state index in [4.69, 9.17) is 17.4 Å². The molecule has 3 N–H and O–H groups in total. The van der Waals surface area contributed by atoms with Gasteiger partial charge in [-0.15, -0.1) is 0 Å². The number of nitrogens with two attached hydrogens (primary N) is 1. The van der Waals surface area contributed by atoms with Gasteiger partial charge in [0.15, 0.2) is 0 Å². The van der Waals surface area contributed by atoms with Gasteiger partial charge in [-0.1, -0.05) is 23.7 Å². The first-order valence-electron chi connectivity index (χ1n) is 7.34. The number of hydrogen-bond acceptors (Lipinski definition) is 4. The van der Waals surface area contributed by atoms with Gasteiger partial charge < -0.3 is 9.80 Å². The Morgan fingerprint density at radius 3 is 2.26 bits per heavy atom. The molecular formula is C15H19ClN4O3. The summed E-state index contributed by atoms with van der Waals surface area (Å²) < 4.78 is 0. The normalized spacial score (nSPS) is 14.5. The van der Waals surface area contributed by atoms with Gasteiger partial charge in [0, 0.05) is 39.0 Å². The van der Waals surface area contributed by atoms with Crippen LogP contribution in [-0.4, -0.2) is 53.7 Å². The molecule has 1 aromatic rings. The lowest BCUT2D eigenvalue weighted by Gasteiger charge is -2.35. The van der Waals surface area contributed by atoms with Crippen LogP contribution in [0.2, 0.25) is 5.02 Å². The smallest absolute Gasteiger partial charge is 0.255 e. The highest BCUT2D eigenvalue weighted by atomic mass is 35.5. The summed E-state index contributed by atoms with van der Waals surface area (Å²) in [5.74, 6) is 4.36. The van der Waals surface area contributed by atoms with Crippen LogP contribution in [0, 0.1) is 0 Å². The zero-order valence-electron chi connectivity index (χ0n) is 12.6. The van der Waals surface area contributed by atoms with E-state index in [0.717, 1.165) is 0 Å². The zero-order chi connectivity index (χ0) is 16.8. The van der Waals surface area contributed by atoms with Gasteiger partial charge >= 0.3 is 0 Å². The molecule has 0 radical (unpaired) electrons. The summed E-state index contributed by atoms with van der Waals surface area (Å²) in [5, 5.41) is 0.420. The molecule has 0 bridgehead atoms. The molecule has 7 nitrogen and oxygen atoms in total. The van der Waals surface area contributed by atoms with Crippen LogP contribution in [-0.2, 0) is 9.59 Å². The van der Waals surface area contributed by atoms with Gasteiger partial charge in [-0.2, -0.15) is 0 Å². The third kappa shape index (κ3) is 4.43. The van der Waals surface area contributed by atoms with E-state index < -0.39 is 0 Å². The highest BCUT2D eigenvalue weighted by Crippen LogP contribution is 2.18. The second-order valence-corrected chi connectivity index (χ2v) is 5.63. The molecular weight excluding hydrogens is 320 g/mol. The van der Waals surface area contributed by atoms with Crippen molar-refractivity contribution >= 4 is 29.3 Å². The summed E-state index contributed by atoms with van der Waals surface area (Å²) in [6.07, 6.45) is 0.176. The zero-order valence-corrected chi connectivity index (χ0v) is 13.4. The van der Waals surface area contributed by atoms with Crippen molar-refractivity contribution in [2.24, 2.45) is 5.84 Å². The maximum Gasteiger partial charge on any atom is 0.255 e. The van der Waals surface area contributed by atoms with Gasteiger partial charge in [-0.3, -0.25) is 19.8 Å². The summed E-state index contributed by atoms with van der Waals surface area (Å²) in [4.78, 5) is 38.8. The van der Waals surface area contributed by atoms with Crippen LogP contribution < -0.4 is 11.3 Å². The molecule has 1 saturated heterocycles. The molecule has 1 aliphatic rings. The maximum absolute atomic E-state index is 12.4. The van der Waals surface area contributed by atoms with E-state index in [0.29, 0.717) is 36.8 Å². The molecule has 1 aromatic carbocycles. The van der Waals surface area contributed by atoms with Crippen LogP contribution in [0.3, 0.4) is 0 Å². The molecule has 0 atom stereocenters. The summed E-state index contributed by atoms with van der Waals surface area (Å²) in [7, 11) is 0.